The van der Waals surface area contributed by atoms with Gasteiger partial charge in [-0.1, -0.05) is 37.1 Å². The second-order valence-corrected chi connectivity index (χ2v) is 10.1. The first-order valence-electron chi connectivity index (χ1n) is 9.96. The van der Waals surface area contributed by atoms with Crippen molar-refractivity contribution in [3.63, 3.8) is 0 Å². The molecule has 1 amide bonds. The molecule has 0 radical (unpaired) electrons. The third-order valence-corrected chi connectivity index (χ3v) is 7.43. The van der Waals surface area contributed by atoms with Gasteiger partial charge in [0.15, 0.2) is 5.16 Å². The van der Waals surface area contributed by atoms with Gasteiger partial charge in [-0.3, -0.25) is 4.79 Å². The van der Waals surface area contributed by atoms with Gasteiger partial charge in [-0.15, -0.1) is 21.5 Å². The van der Waals surface area contributed by atoms with Crippen molar-refractivity contribution in [1.29, 1.82) is 5.26 Å². The molecule has 8 heteroatoms. The fourth-order valence-corrected chi connectivity index (χ4v) is 5.39. The van der Waals surface area contributed by atoms with Crippen molar-refractivity contribution in [3.8, 4) is 6.07 Å². The predicted octanol–water partition coefficient (Wildman–Crippen LogP) is 4.09. The highest BCUT2D eigenvalue weighted by molar-refractivity contribution is 8.00. The molecule has 0 spiro atoms. The first-order valence-corrected chi connectivity index (χ1v) is 11.7. The highest BCUT2D eigenvalue weighted by atomic mass is 32.2. The molecule has 0 bridgehead atoms. The summed E-state index contributed by atoms with van der Waals surface area (Å²) in [5, 5.41) is 24.0. The number of aromatic nitrogens is 3. The van der Waals surface area contributed by atoms with E-state index in [9.17, 15) is 10.1 Å². The Kier molecular flexibility index (Phi) is 5.74. The smallest absolute Gasteiger partial charge is 0.234 e. The van der Waals surface area contributed by atoms with Crippen LogP contribution in [0.4, 0.5) is 0 Å². The summed E-state index contributed by atoms with van der Waals surface area (Å²) in [4.78, 5) is 14.1. The monoisotopic (exact) mass is 415 g/mol. The number of carbonyl (C=O) groups excluding carboxylic acids is 1. The second kappa shape index (κ2) is 8.26. The fraction of sp³-hybridized carbons (Fsp3) is 0.600. The maximum absolute atomic E-state index is 12.8. The molecule has 2 saturated carbocycles. The number of hydrogen-bond donors (Lipinski definition) is 1. The number of hydrogen-bond acceptors (Lipinski definition) is 6. The second-order valence-electron chi connectivity index (χ2n) is 7.76. The molecule has 1 N–H and O–H groups in total. The maximum atomic E-state index is 12.8. The molecule has 2 aliphatic rings. The Morgan fingerprint density at radius 2 is 2.21 bits per heavy atom. The first-order chi connectivity index (χ1) is 13.6. The van der Waals surface area contributed by atoms with Crippen molar-refractivity contribution >= 4 is 29.0 Å². The predicted molar refractivity (Wildman–Crippen MR) is 110 cm³/mol. The number of amides is 1. The van der Waals surface area contributed by atoms with Crippen LogP contribution in [-0.4, -0.2) is 31.5 Å². The highest BCUT2D eigenvalue weighted by Gasteiger charge is 2.36. The van der Waals surface area contributed by atoms with Crippen LogP contribution in [0.1, 0.15) is 68.6 Å². The zero-order valence-corrected chi connectivity index (χ0v) is 17.7. The van der Waals surface area contributed by atoms with E-state index >= 15 is 0 Å². The Hall–Kier alpha value is -1.85. The van der Waals surface area contributed by atoms with Gasteiger partial charge in [0.05, 0.1) is 11.3 Å². The van der Waals surface area contributed by atoms with Crippen molar-refractivity contribution in [2.75, 3.05) is 0 Å². The molecule has 4 rings (SSSR count). The molecule has 6 nitrogen and oxygen atoms in total. The van der Waals surface area contributed by atoms with Gasteiger partial charge in [-0.2, -0.15) is 5.26 Å². The number of carbonyl (C=O) groups is 1. The van der Waals surface area contributed by atoms with Gasteiger partial charge >= 0.3 is 0 Å². The zero-order valence-electron chi connectivity index (χ0n) is 16.1. The topological polar surface area (TPSA) is 83.6 Å². The van der Waals surface area contributed by atoms with Crippen LogP contribution >= 0.6 is 23.1 Å². The summed E-state index contributed by atoms with van der Waals surface area (Å²) in [5.74, 6) is 0.888. The number of thioether (sulfide) groups is 1. The Bertz CT molecular complexity index is 860. The number of rotatable bonds is 7. The summed E-state index contributed by atoms with van der Waals surface area (Å²) in [6, 6.07) is 6.98. The fourth-order valence-electron chi connectivity index (χ4n) is 3.75. The molecular weight excluding hydrogens is 390 g/mol. The maximum Gasteiger partial charge on any atom is 0.234 e. The van der Waals surface area contributed by atoms with Gasteiger partial charge in [0.2, 0.25) is 5.91 Å². The van der Waals surface area contributed by atoms with Gasteiger partial charge in [-0.05, 0) is 44.1 Å². The molecule has 2 aromatic rings. The van der Waals surface area contributed by atoms with Gasteiger partial charge < -0.3 is 9.88 Å². The van der Waals surface area contributed by atoms with Gasteiger partial charge in [0, 0.05) is 17.3 Å². The van der Waals surface area contributed by atoms with E-state index in [0.717, 1.165) is 62.3 Å². The lowest BCUT2D eigenvalue weighted by Crippen LogP contribution is -2.51. The average Bonchev–Trinajstić information content (AvgIpc) is 3.26. The number of nitriles is 1. The van der Waals surface area contributed by atoms with Crippen molar-refractivity contribution in [2.45, 2.75) is 80.3 Å². The molecule has 2 fully saturated rings. The minimum atomic E-state index is -0.696. The van der Waals surface area contributed by atoms with E-state index in [1.807, 2.05) is 6.92 Å². The van der Waals surface area contributed by atoms with E-state index in [0.29, 0.717) is 6.04 Å². The van der Waals surface area contributed by atoms with Crippen LogP contribution < -0.4 is 5.32 Å². The van der Waals surface area contributed by atoms with Crippen LogP contribution in [0, 0.1) is 11.3 Å². The summed E-state index contributed by atoms with van der Waals surface area (Å²) >= 11 is 3.17. The van der Waals surface area contributed by atoms with Gasteiger partial charge in [0.1, 0.15) is 11.4 Å². The molecular formula is C20H25N5OS2. The van der Waals surface area contributed by atoms with E-state index in [1.165, 1.54) is 16.6 Å². The number of thiophene rings is 1. The third kappa shape index (κ3) is 4.26. The lowest BCUT2D eigenvalue weighted by Gasteiger charge is -2.32. The SMILES string of the molecule is C[C@@H](Sc1nnc(Cc2cccs2)n1C1CC1)C(=O)NC1(C#N)CCCCC1. The quantitative estimate of drug-likeness (QED) is 0.689. The van der Waals surface area contributed by atoms with E-state index in [1.54, 1.807) is 11.3 Å². The van der Waals surface area contributed by atoms with Crippen molar-refractivity contribution in [1.82, 2.24) is 20.1 Å². The first kappa shape index (κ1) is 19.5. The number of nitrogens with one attached hydrogen (secondary N) is 1. The standard InChI is InChI=1S/C20H25N5OS2/c1-14(18(26)22-20(13-21)9-3-2-4-10-20)28-19-24-23-17(25(19)15-7-8-15)12-16-6-5-11-27-16/h5-6,11,14-15H,2-4,7-10,12H2,1H3,(H,22,26)/t14-/m1/s1. The molecule has 0 saturated heterocycles. The normalized spacial score (nSPS) is 19.7. The van der Waals surface area contributed by atoms with Crippen LogP contribution in [0.2, 0.25) is 0 Å². The van der Waals surface area contributed by atoms with Gasteiger partial charge in [-0.25, -0.2) is 0 Å². The van der Waals surface area contributed by atoms with Crippen molar-refractivity contribution in [2.24, 2.45) is 0 Å². The molecule has 0 aliphatic heterocycles. The van der Waals surface area contributed by atoms with Crippen molar-refractivity contribution < 1.29 is 4.79 Å². The molecule has 2 aliphatic carbocycles. The summed E-state index contributed by atoms with van der Waals surface area (Å²) in [5.41, 5.74) is -0.696. The van der Waals surface area contributed by atoms with Crippen molar-refractivity contribution in [3.05, 3.63) is 28.2 Å². The van der Waals surface area contributed by atoms with Crippen LogP contribution in [0.3, 0.4) is 0 Å². The van der Waals surface area contributed by atoms with Crippen LogP contribution in [-0.2, 0) is 11.2 Å². The molecule has 28 heavy (non-hydrogen) atoms. The largest absolute Gasteiger partial charge is 0.337 e. The molecule has 0 unspecified atom stereocenters. The summed E-state index contributed by atoms with van der Waals surface area (Å²) in [6.45, 7) is 1.89. The zero-order chi connectivity index (χ0) is 19.6. The molecule has 0 aromatic carbocycles. The Morgan fingerprint density at radius 3 is 2.86 bits per heavy atom. The Morgan fingerprint density at radius 1 is 1.43 bits per heavy atom. The Labute approximate surface area is 173 Å². The lowest BCUT2D eigenvalue weighted by atomic mass is 9.83. The van der Waals surface area contributed by atoms with Crippen LogP contribution in [0.5, 0.6) is 0 Å². The van der Waals surface area contributed by atoms with E-state index in [2.05, 4.69) is 43.7 Å². The lowest BCUT2D eigenvalue weighted by molar-refractivity contribution is -0.121. The highest BCUT2D eigenvalue weighted by Crippen LogP contribution is 2.40. The Balaban J connectivity index is 1.45. The van der Waals surface area contributed by atoms with Gasteiger partial charge in [0.25, 0.3) is 0 Å². The van der Waals surface area contributed by atoms with Crippen LogP contribution in [0.15, 0.2) is 22.7 Å². The summed E-state index contributed by atoms with van der Waals surface area (Å²) in [6.07, 6.45) is 7.68. The summed E-state index contributed by atoms with van der Waals surface area (Å²) < 4.78 is 2.22. The number of nitrogens with zero attached hydrogens (tertiary/aromatic N) is 4. The third-order valence-electron chi connectivity index (χ3n) is 5.49. The average molecular weight is 416 g/mol. The summed E-state index contributed by atoms with van der Waals surface area (Å²) in [7, 11) is 0. The van der Waals surface area contributed by atoms with E-state index in [4.69, 9.17) is 0 Å². The van der Waals surface area contributed by atoms with Crippen LogP contribution in [0.25, 0.3) is 0 Å². The minimum absolute atomic E-state index is 0.0846. The molecule has 148 valence electrons. The molecule has 1 atom stereocenters. The van der Waals surface area contributed by atoms with E-state index < -0.39 is 5.54 Å². The molecule has 2 aromatic heterocycles. The minimum Gasteiger partial charge on any atom is -0.337 e. The van der Waals surface area contributed by atoms with E-state index in [-0.39, 0.29) is 11.2 Å². The molecule has 2 heterocycles.